The number of likely N-dealkylation sites (tertiary alicyclic amines) is 1. The number of alkyl halides is 2. The topological polar surface area (TPSA) is 58.6 Å². The Balaban J connectivity index is 2.54. The highest BCUT2D eigenvalue weighted by Gasteiger charge is 2.34. The number of nitrogens with one attached hydrogen (secondary N) is 1. The first-order valence-electron chi connectivity index (χ1n) is 6.32. The number of hydrogen-bond acceptors (Lipinski definition) is 3. The monoisotopic (exact) mass is 294 g/mol. The molecule has 5 nitrogen and oxygen atoms in total. The van der Waals surface area contributed by atoms with Crippen LogP contribution in [0.4, 0.5) is 4.39 Å². The first-order valence-corrected chi connectivity index (χ1v) is 6.76. The average Bonchev–Trinajstić information content (AvgIpc) is 2.38. The highest BCUT2D eigenvalue weighted by molar-refractivity contribution is 6.29. The van der Waals surface area contributed by atoms with Gasteiger partial charge in [-0.25, -0.2) is 4.39 Å². The van der Waals surface area contributed by atoms with Crippen molar-refractivity contribution in [2.75, 3.05) is 26.8 Å². The van der Waals surface area contributed by atoms with Gasteiger partial charge >= 0.3 is 0 Å². The summed E-state index contributed by atoms with van der Waals surface area (Å²) in [6.45, 7) is 2.91. The van der Waals surface area contributed by atoms with Gasteiger partial charge in [-0.1, -0.05) is 11.6 Å². The van der Waals surface area contributed by atoms with Crippen LogP contribution in [0.5, 0.6) is 0 Å². The fourth-order valence-corrected chi connectivity index (χ4v) is 2.30. The van der Waals surface area contributed by atoms with Crippen molar-refractivity contribution in [2.45, 2.75) is 31.4 Å². The Morgan fingerprint density at radius 2 is 2.21 bits per heavy atom. The predicted molar refractivity (Wildman–Crippen MR) is 69.5 cm³/mol. The minimum Gasteiger partial charge on any atom is -0.383 e. The summed E-state index contributed by atoms with van der Waals surface area (Å²) >= 11 is 5.18. The van der Waals surface area contributed by atoms with E-state index in [1.807, 2.05) is 6.92 Å². The molecule has 0 aromatic carbocycles. The molecule has 0 aliphatic carbocycles. The van der Waals surface area contributed by atoms with E-state index in [9.17, 15) is 14.0 Å². The Bertz CT molecular complexity index is 328. The lowest BCUT2D eigenvalue weighted by atomic mass is 9.92. The molecule has 0 bridgehead atoms. The van der Waals surface area contributed by atoms with Gasteiger partial charge in [-0.2, -0.15) is 0 Å². The van der Waals surface area contributed by atoms with Gasteiger partial charge in [0.1, 0.15) is 0 Å². The van der Waals surface area contributed by atoms with E-state index in [2.05, 4.69) is 5.32 Å². The Labute approximate surface area is 117 Å². The Hall–Kier alpha value is -0.880. The zero-order valence-electron chi connectivity index (χ0n) is 11.2. The second-order valence-electron chi connectivity index (χ2n) is 4.70. The molecule has 1 aliphatic heterocycles. The minimum atomic E-state index is -2.04. The van der Waals surface area contributed by atoms with Crippen molar-refractivity contribution in [1.29, 1.82) is 0 Å². The molecule has 1 heterocycles. The molecule has 1 aliphatic rings. The van der Waals surface area contributed by atoms with E-state index in [4.69, 9.17) is 16.3 Å². The quantitative estimate of drug-likeness (QED) is 0.606. The number of ether oxygens (including phenoxy) is 1. The number of halogens is 2. The lowest BCUT2D eigenvalue weighted by Gasteiger charge is -2.37. The van der Waals surface area contributed by atoms with Gasteiger partial charge < -0.3 is 15.0 Å². The van der Waals surface area contributed by atoms with E-state index in [0.29, 0.717) is 26.0 Å². The molecule has 0 radical (unpaired) electrons. The van der Waals surface area contributed by atoms with Crippen molar-refractivity contribution in [3.63, 3.8) is 0 Å². The maximum absolute atomic E-state index is 12.9. The molecular weight excluding hydrogens is 275 g/mol. The van der Waals surface area contributed by atoms with Gasteiger partial charge in [0.2, 0.25) is 5.91 Å². The molecule has 1 saturated heterocycles. The van der Waals surface area contributed by atoms with E-state index in [-0.39, 0.29) is 24.4 Å². The molecule has 1 rings (SSSR count). The molecule has 3 atom stereocenters. The minimum absolute atomic E-state index is 0.0903. The number of carbonyl (C=O) groups excluding carboxylic acids is 2. The van der Waals surface area contributed by atoms with Crippen LogP contribution in [0, 0.1) is 5.92 Å². The summed E-state index contributed by atoms with van der Waals surface area (Å²) in [6.07, 6.45) is 1.35. The van der Waals surface area contributed by atoms with E-state index in [1.165, 1.54) is 4.90 Å². The van der Waals surface area contributed by atoms with E-state index in [1.54, 1.807) is 7.11 Å². The fraction of sp³-hybridized carbons (Fsp3) is 0.833. The van der Waals surface area contributed by atoms with Gasteiger partial charge in [-0.3, -0.25) is 9.59 Å². The highest BCUT2D eigenvalue weighted by Crippen LogP contribution is 2.23. The van der Waals surface area contributed by atoms with Crippen molar-refractivity contribution in [3.8, 4) is 0 Å². The lowest BCUT2D eigenvalue weighted by Crippen LogP contribution is -2.51. The standard InChI is InChI=1S/C12H20ClFN2O3/c1-8-3-4-9(11(17)15-5-6-19-2)7-16(8)12(18)10(13)14/h8-10H,3-7H2,1-2H3,(H,15,17). The van der Waals surface area contributed by atoms with Crippen molar-refractivity contribution >= 4 is 23.4 Å². The molecule has 7 heteroatoms. The van der Waals surface area contributed by atoms with E-state index < -0.39 is 11.5 Å². The van der Waals surface area contributed by atoms with Crippen LogP contribution < -0.4 is 5.32 Å². The highest BCUT2D eigenvalue weighted by atomic mass is 35.5. The summed E-state index contributed by atoms with van der Waals surface area (Å²) in [6, 6.07) is -0.0903. The molecule has 0 spiro atoms. The number of piperidine rings is 1. The number of methoxy groups -OCH3 is 1. The van der Waals surface area contributed by atoms with Crippen LogP contribution in [0.1, 0.15) is 19.8 Å². The van der Waals surface area contributed by atoms with Crippen LogP contribution in [0.2, 0.25) is 0 Å². The number of amides is 2. The molecule has 0 aromatic rings. The van der Waals surface area contributed by atoms with E-state index in [0.717, 1.165) is 0 Å². The first-order chi connectivity index (χ1) is 8.97. The van der Waals surface area contributed by atoms with Crippen molar-refractivity contribution in [2.24, 2.45) is 5.92 Å². The molecule has 3 unspecified atom stereocenters. The number of nitrogens with zero attached hydrogens (tertiary/aromatic N) is 1. The maximum atomic E-state index is 12.9. The van der Waals surface area contributed by atoms with Crippen molar-refractivity contribution in [3.05, 3.63) is 0 Å². The molecule has 1 fully saturated rings. The zero-order valence-corrected chi connectivity index (χ0v) is 12.0. The SMILES string of the molecule is COCCNC(=O)C1CCC(C)N(C(=O)C(F)Cl)C1. The van der Waals surface area contributed by atoms with Crippen LogP contribution in [0.15, 0.2) is 0 Å². The van der Waals surface area contributed by atoms with Gasteiger partial charge in [0.05, 0.1) is 12.5 Å². The molecule has 2 amide bonds. The van der Waals surface area contributed by atoms with Gasteiger partial charge in [-0.05, 0) is 19.8 Å². The molecule has 0 aromatic heterocycles. The van der Waals surface area contributed by atoms with Crippen LogP contribution in [-0.4, -0.2) is 55.2 Å². The first kappa shape index (κ1) is 16.2. The summed E-state index contributed by atoms with van der Waals surface area (Å²) in [5.74, 6) is -1.21. The molecule has 0 saturated carbocycles. The fourth-order valence-electron chi connectivity index (χ4n) is 2.17. The Morgan fingerprint density at radius 3 is 2.79 bits per heavy atom. The normalized spacial score (nSPS) is 24.9. The third-order valence-electron chi connectivity index (χ3n) is 3.33. The van der Waals surface area contributed by atoms with Crippen LogP contribution in [0.25, 0.3) is 0 Å². The predicted octanol–water partition coefficient (Wildman–Crippen LogP) is 0.910. The van der Waals surface area contributed by atoms with Crippen LogP contribution in [0.3, 0.4) is 0 Å². The number of carbonyl (C=O) groups is 2. The van der Waals surface area contributed by atoms with Crippen LogP contribution >= 0.6 is 11.6 Å². The summed E-state index contributed by atoms with van der Waals surface area (Å²) in [5.41, 5.74) is -2.04. The van der Waals surface area contributed by atoms with Crippen molar-refractivity contribution in [1.82, 2.24) is 10.2 Å². The molecule has 110 valence electrons. The van der Waals surface area contributed by atoms with Crippen molar-refractivity contribution < 1.29 is 18.7 Å². The van der Waals surface area contributed by atoms with Gasteiger partial charge in [0, 0.05) is 26.2 Å². The van der Waals surface area contributed by atoms with Gasteiger partial charge in [0.15, 0.2) is 0 Å². The van der Waals surface area contributed by atoms with Gasteiger partial charge in [0.25, 0.3) is 11.5 Å². The van der Waals surface area contributed by atoms with E-state index >= 15 is 0 Å². The third-order valence-corrected chi connectivity index (χ3v) is 3.51. The largest absolute Gasteiger partial charge is 0.383 e. The smallest absolute Gasteiger partial charge is 0.272 e. The molecule has 19 heavy (non-hydrogen) atoms. The Morgan fingerprint density at radius 1 is 1.53 bits per heavy atom. The summed E-state index contributed by atoms with van der Waals surface area (Å²) in [7, 11) is 1.55. The molecular formula is C12H20ClFN2O3. The zero-order chi connectivity index (χ0) is 14.4. The summed E-state index contributed by atoms with van der Waals surface area (Å²) in [5, 5.41) is 2.73. The lowest BCUT2D eigenvalue weighted by molar-refractivity contribution is -0.140. The number of rotatable bonds is 5. The average molecular weight is 295 g/mol. The summed E-state index contributed by atoms with van der Waals surface area (Å²) in [4.78, 5) is 24.8. The van der Waals surface area contributed by atoms with Crippen LogP contribution in [-0.2, 0) is 14.3 Å². The molecule has 1 N–H and O–H groups in total. The Kier molecular flexibility index (Phi) is 6.51. The number of hydrogen-bond donors (Lipinski definition) is 1. The second kappa shape index (κ2) is 7.65. The second-order valence-corrected chi connectivity index (χ2v) is 5.08. The third kappa shape index (κ3) is 4.62. The summed E-state index contributed by atoms with van der Waals surface area (Å²) < 4.78 is 17.7. The van der Waals surface area contributed by atoms with Gasteiger partial charge in [-0.15, -0.1) is 0 Å². The maximum Gasteiger partial charge on any atom is 0.272 e.